The number of rotatable bonds is 4. The third-order valence-electron chi connectivity index (χ3n) is 6.18. The Labute approximate surface area is 177 Å². The van der Waals surface area contributed by atoms with Crippen molar-refractivity contribution in [1.29, 1.82) is 0 Å². The molecule has 6 heteroatoms. The lowest BCUT2D eigenvalue weighted by atomic mass is 9.92. The Morgan fingerprint density at radius 3 is 2.80 bits per heavy atom. The monoisotopic (exact) mass is 407 g/mol. The number of amides is 1. The summed E-state index contributed by atoms with van der Waals surface area (Å²) in [5, 5.41) is 0. The van der Waals surface area contributed by atoms with Crippen LogP contribution in [0.25, 0.3) is 0 Å². The Kier molecular flexibility index (Phi) is 5.77. The van der Waals surface area contributed by atoms with Crippen LogP contribution in [0.2, 0.25) is 0 Å². The molecule has 2 N–H and O–H groups in total. The number of hydrogen-bond donors (Lipinski definition) is 1. The van der Waals surface area contributed by atoms with Crippen LogP contribution >= 0.6 is 0 Å². The van der Waals surface area contributed by atoms with Crippen molar-refractivity contribution >= 4 is 17.8 Å². The normalized spacial score (nSPS) is 19.1. The first-order chi connectivity index (χ1) is 14.5. The third kappa shape index (κ3) is 3.79. The second-order valence-electron chi connectivity index (χ2n) is 8.11. The van der Waals surface area contributed by atoms with Gasteiger partial charge >= 0.3 is 0 Å². The van der Waals surface area contributed by atoms with Crippen molar-refractivity contribution in [2.75, 3.05) is 32.7 Å². The average molecular weight is 408 g/mol. The highest BCUT2D eigenvalue weighted by molar-refractivity contribution is 5.99. The standard InChI is InChI=1S/C24H29N3O3/c1-15-16(2)23-21(24(28)27(14-30-23)20-5-4-8-29-13-20)11-19(15)9-17-6-7-18(12-26-3)22(25)10-17/h6-7,10-12,20H,4-5,8-9,13-14,25H2,1-3H3. The number of carbonyl (C=O) groups excluding carboxylic acids is 1. The minimum Gasteiger partial charge on any atom is -0.472 e. The van der Waals surface area contributed by atoms with Crippen LogP contribution in [-0.4, -0.2) is 50.1 Å². The second-order valence-corrected chi connectivity index (χ2v) is 8.11. The molecule has 1 atom stereocenters. The van der Waals surface area contributed by atoms with Gasteiger partial charge in [0.1, 0.15) is 5.75 Å². The maximum atomic E-state index is 13.3. The molecule has 0 aromatic heterocycles. The van der Waals surface area contributed by atoms with Gasteiger partial charge in [-0.25, -0.2) is 0 Å². The molecule has 4 rings (SSSR count). The molecular weight excluding hydrogens is 378 g/mol. The van der Waals surface area contributed by atoms with Gasteiger partial charge in [0.2, 0.25) is 0 Å². The summed E-state index contributed by atoms with van der Waals surface area (Å²) in [4.78, 5) is 19.2. The van der Waals surface area contributed by atoms with Crippen molar-refractivity contribution in [3.05, 3.63) is 57.6 Å². The van der Waals surface area contributed by atoms with E-state index in [-0.39, 0.29) is 18.7 Å². The van der Waals surface area contributed by atoms with Gasteiger partial charge in [-0.15, -0.1) is 0 Å². The highest BCUT2D eigenvalue weighted by Crippen LogP contribution is 2.35. The molecule has 2 aromatic carbocycles. The van der Waals surface area contributed by atoms with Gasteiger partial charge in [0.25, 0.3) is 5.91 Å². The molecule has 1 fully saturated rings. The largest absolute Gasteiger partial charge is 0.472 e. The third-order valence-corrected chi connectivity index (χ3v) is 6.18. The summed E-state index contributed by atoms with van der Waals surface area (Å²) in [6, 6.07) is 8.10. The number of aliphatic imine (C=N–C) groups is 1. The van der Waals surface area contributed by atoms with E-state index in [0.717, 1.165) is 47.3 Å². The number of carbonyl (C=O) groups is 1. The molecule has 1 unspecified atom stereocenters. The first-order valence-corrected chi connectivity index (χ1v) is 10.4. The van der Waals surface area contributed by atoms with Crippen molar-refractivity contribution in [3.8, 4) is 5.75 Å². The zero-order chi connectivity index (χ0) is 21.3. The van der Waals surface area contributed by atoms with Crippen LogP contribution in [0, 0.1) is 13.8 Å². The summed E-state index contributed by atoms with van der Waals surface area (Å²) in [6.45, 7) is 5.75. The lowest BCUT2D eigenvalue weighted by Crippen LogP contribution is -2.49. The van der Waals surface area contributed by atoms with E-state index in [1.54, 1.807) is 13.3 Å². The Morgan fingerprint density at radius 2 is 2.10 bits per heavy atom. The highest BCUT2D eigenvalue weighted by Gasteiger charge is 2.34. The molecule has 1 amide bonds. The van der Waals surface area contributed by atoms with Crippen molar-refractivity contribution < 1.29 is 14.3 Å². The first-order valence-electron chi connectivity index (χ1n) is 10.4. The summed E-state index contributed by atoms with van der Waals surface area (Å²) in [5.41, 5.74) is 12.8. The molecule has 0 radical (unpaired) electrons. The minimum absolute atomic E-state index is 0.0325. The molecule has 1 saturated heterocycles. The van der Waals surface area contributed by atoms with E-state index >= 15 is 0 Å². The first kappa shape index (κ1) is 20.4. The Balaban J connectivity index is 1.65. The van der Waals surface area contributed by atoms with Crippen molar-refractivity contribution in [3.63, 3.8) is 0 Å². The molecule has 6 nitrogen and oxygen atoms in total. The van der Waals surface area contributed by atoms with E-state index in [9.17, 15) is 4.79 Å². The molecule has 2 aliphatic rings. The Bertz CT molecular complexity index is 994. The maximum absolute atomic E-state index is 13.3. The molecule has 2 heterocycles. The van der Waals surface area contributed by atoms with Gasteiger partial charge in [0.15, 0.2) is 6.73 Å². The van der Waals surface area contributed by atoms with Gasteiger partial charge in [0, 0.05) is 31.1 Å². The fourth-order valence-electron chi connectivity index (χ4n) is 4.29. The zero-order valence-electron chi connectivity index (χ0n) is 17.9. The fraction of sp³-hybridized carbons (Fsp3) is 0.417. The average Bonchev–Trinajstić information content (AvgIpc) is 2.75. The van der Waals surface area contributed by atoms with E-state index in [1.807, 2.05) is 30.0 Å². The van der Waals surface area contributed by atoms with Gasteiger partial charge in [-0.2, -0.15) is 0 Å². The molecule has 0 aliphatic carbocycles. The van der Waals surface area contributed by atoms with Crippen LogP contribution in [0.15, 0.2) is 29.3 Å². The minimum atomic E-state index is 0.0325. The molecule has 158 valence electrons. The number of fused-ring (bicyclic) bond motifs is 1. The number of benzene rings is 2. The molecule has 0 spiro atoms. The Morgan fingerprint density at radius 1 is 1.27 bits per heavy atom. The Hall–Kier alpha value is -2.86. The predicted molar refractivity (Wildman–Crippen MR) is 119 cm³/mol. The molecule has 30 heavy (non-hydrogen) atoms. The van der Waals surface area contributed by atoms with Crippen LogP contribution in [0.4, 0.5) is 5.69 Å². The molecular formula is C24H29N3O3. The maximum Gasteiger partial charge on any atom is 0.260 e. The van der Waals surface area contributed by atoms with E-state index in [0.29, 0.717) is 30.0 Å². The molecule has 2 aromatic rings. The molecule has 2 aliphatic heterocycles. The van der Waals surface area contributed by atoms with Crippen LogP contribution in [-0.2, 0) is 11.2 Å². The topological polar surface area (TPSA) is 77.2 Å². The number of hydrogen-bond acceptors (Lipinski definition) is 5. The number of ether oxygens (including phenoxy) is 2. The zero-order valence-corrected chi connectivity index (χ0v) is 17.9. The lowest BCUT2D eigenvalue weighted by molar-refractivity contribution is -0.0101. The van der Waals surface area contributed by atoms with Gasteiger partial charge < -0.3 is 15.2 Å². The molecule has 0 saturated carbocycles. The quantitative estimate of drug-likeness (QED) is 0.622. The van der Waals surface area contributed by atoms with Gasteiger partial charge in [-0.1, -0.05) is 12.1 Å². The smallest absolute Gasteiger partial charge is 0.260 e. The van der Waals surface area contributed by atoms with Gasteiger partial charge in [0.05, 0.1) is 18.2 Å². The highest BCUT2D eigenvalue weighted by atomic mass is 16.5. The predicted octanol–water partition coefficient (Wildman–Crippen LogP) is 3.50. The summed E-state index contributed by atoms with van der Waals surface area (Å²) < 4.78 is 11.6. The van der Waals surface area contributed by atoms with E-state index < -0.39 is 0 Å². The van der Waals surface area contributed by atoms with Gasteiger partial charge in [-0.05, 0) is 67.5 Å². The number of nitrogens with zero attached hydrogens (tertiary/aromatic N) is 2. The van der Waals surface area contributed by atoms with Crippen LogP contribution in [0.5, 0.6) is 5.75 Å². The molecule has 0 bridgehead atoms. The van der Waals surface area contributed by atoms with Crippen molar-refractivity contribution in [2.24, 2.45) is 4.99 Å². The fourth-order valence-corrected chi connectivity index (χ4v) is 4.29. The SMILES string of the molecule is CN=Cc1ccc(Cc2cc3c(c(C)c2C)OCN(C2CCCOC2)C3=O)cc1N. The second kappa shape index (κ2) is 8.48. The van der Waals surface area contributed by atoms with Gasteiger partial charge in [-0.3, -0.25) is 14.7 Å². The van der Waals surface area contributed by atoms with Crippen molar-refractivity contribution in [2.45, 2.75) is 39.2 Å². The summed E-state index contributed by atoms with van der Waals surface area (Å²) >= 11 is 0. The lowest BCUT2D eigenvalue weighted by Gasteiger charge is -2.37. The van der Waals surface area contributed by atoms with Crippen molar-refractivity contribution in [1.82, 2.24) is 4.90 Å². The number of nitrogens with two attached hydrogens (primary N) is 1. The summed E-state index contributed by atoms with van der Waals surface area (Å²) in [6.07, 6.45) is 4.38. The van der Waals surface area contributed by atoms with Crippen LogP contribution in [0.1, 0.15) is 51.0 Å². The number of nitrogen functional groups attached to an aromatic ring is 1. The van der Waals surface area contributed by atoms with E-state index in [2.05, 4.69) is 18.0 Å². The van der Waals surface area contributed by atoms with Crippen LogP contribution < -0.4 is 10.5 Å². The number of anilines is 1. The van der Waals surface area contributed by atoms with E-state index in [4.69, 9.17) is 15.2 Å². The van der Waals surface area contributed by atoms with E-state index in [1.165, 1.54) is 0 Å². The summed E-state index contributed by atoms with van der Waals surface area (Å²) in [5.74, 6) is 0.744. The summed E-state index contributed by atoms with van der Waals surface area (Å²) in [7, 11) is 1.73. The van der Waals surface area contributed by atoms with Crippen LogP contribution in [0.3, 0.4) is 0 Å².